The van der Waals surface area contributed by atoms with E-state index in [-0.39, 0.29) is 0 Å². The molecule has 0 fully saturated rings. The van der Waals surface area contributed by atoms with Crippen molar-refractivity contribution in [2.45, 2.75) is 33.6 Å². The fourth-order valence-electron chi connectivity index (χ4n) is 1.41. The summed E-state index contributed by atoms with van der Waals surface area (Å²) in [6.07, 6.45) is 2.50. The Kier molecular flexibility index (Phi) is 8.41. The number of unbranched alkanes of at least 4 members (excludes halogenated alkanes) is 1. The van der Waals surface area contributed by atoms with E-state index >= 15 is 0 Å². The molecular formula is C14H26N2. The SMILES string of the molecule is CC.CCCCN(C)c1ccc(NC)cc1. The average Bonchev–Trinajstić information content (AvgIpc) is 2.38. The minimum atomic E-state index is 1.13. The molecule has 0 aromatic heterocycles. The molecule has 92 valence electrons. The van der Waals surface area contributed by atoms with Gasteiger partial charge >= 0.3 is 0 Å². The van der Waals surface area contributed by atoms with Crippen molar-refractivity contribution >= 4 is 11.4 Å². The Morgan fingerprint density at radius 2 is 1.69 bits per heavy atom. The fourth-order valence-corrected chi connectivity index (χ4v) is 1.41. The van der Waals surface area contributed by atoms with Crippen LogP contribution >= 0.6 is 0 Å². The number of rotatable bonds is 5. The summed E-state index contributed by atoms with van der Waals surface area (Å²) in [5.41, 5.74) is 2.45. The van der Waals surface area contributed by atoms with Gasteiger partial charge in [-0.05, 0) is 30.7 Å². The molecule has 0 aliphatic rings. The molecular weight excluding hydrogens is 196 g/mol. The fraction of sp³-hybridized carbons (Fsp3) is 0.571. The standard InChI is InChI=1S/C12H20N2.C2H6/c1-4-5-10-14(3)12-8-6-11(13-2)7-9-12;1-2/h6-9,13H,4-5,10H2,1-3H3;1-2H3. The van der Waals surface area contributed by atoms with Gasteiger partial charge in [0.15, 0.2) is 0 Å². The second kappa shape index (κ2) is 9.08. The number of nitrogens with zero attached hydrogens (tertiary/aromatic N) is 1. The van der Waals surface area contributed by atoms with E-state index < -0.39 is 0 Å². The lowest BCUT2D eigenvalue weighted by Gasteiger charge is -2.19. The summed E-state index contributed by atoms with van der Waals surface area (Å²) in [5.74, 6) is 0. The zero-order valence-corrected chi connectivity index (χ0v) is 11.4. The molecule has 1 aromatic carbocycles. The van der Waals surface area contributed by atoms with Crippen molar-refractivity contribution in [1.82, 2.24) is 0 Å². The van der Waals surface area contributed by atoms with Gasteiger partial charge in [0.25, 0.3) is 0 Å². The molecule has 0 spiro atoms. The van der Waals surface area contributed by atoms with Crippen LogP contribution in [-0.4, -0.2) is 20.6 Å². The third-order valence-corrected chi connectivity index (χ3v) is 2.44. The highest BCUT2D eigenvalue weighted by atomic mass is 15.1. The van der Waals surface area contributed by atoms with Crippen LogP contribution in [0.5, 0.6) is 0 Å². The van der Waals surface area contributed by atoms with Crippen molar-refractivity contribution in [2.24, 2.45) is 0 Å². The number of hydrogen-bond donors (Lipinski definition) is 1. The molecule has 1 N–H and O–H groups in total. The number of benzene rings is 1. The second-order valence-electron chi connectivity index (χ2n) is 3.57. The first-order valence-electron chi connectivity index (χ1n) is 6.27. The average molecular weight is 222 g/mol. The third-order valence-electron chi connectivity index (χ3n) is 2.44. The van der Waals surface area contributed by atoms with Gasteiger partial charge in [-0.1, -0.05) is 27.2 Å². The molecule has 2 heteroatoms. The van der Waals surface area contributed by atoms with Gasteiger partial charge in [-0.3, -0.25) is 0 Å². The van der Waals surface area contributed by atoms with Crippen LogP contribution in [0.25, 0.3) is 0 Å². The van der Waals surface area contributed by atoms with Crippen molar-refractivity contribution in [3.05, 3.63) is 24.3 Å². The van der Waals surface area contributed by atoms with E-state index in [1.807, 2.05) is 20.9 Å². The normalized spacial score (nSPS) is 9.06. The first-order valence-corrected chi connectivity index (χ1v) is 6.27. The monoisotopic (exact) mass is 222 g/mol. The summed E-state index contributed by atoms with van der Waals surface area (Å²) in [6, 6.07) is 8.53. The van der Waals surface area contributed by atoms with Crippen LogP contribution in [0.15, 0.2) is 24.3 Å². The largest absolute Gasteiger partial charge is 0.388 e. The molecule has 0 aliphatic heterocycles. The first-order chi connectivity index (χ1) is 7.77. The molecule has 0 aliphatic carbocycles. The van der Waals surface area contributed by atoms with Crippen LogP contribution in [0.2, 0.25) is 0 Å². The molecule has 2 nitrogen and oxygen atoms in total. The lowest BCUT2D eigenvalue weighted by Crippen LogP contribution is -2.17. The van der Waals surface area contributed by atoms with E-state index in [4.69, 9.17) is 0 Å². The highest BCUT2D eigenvalue weighted by Crippen LogP contribution is 2.16. The molecule has 0 saturated heterocycles. The van der Waals surface area contributed by atoms with Gasteiger partial charge in [0, 0.05) is 32.0 Å². The van der Waals surface area contributed by atoms with E-state index in [0.29, 0.717) is 0 Å². The van der Waals surface area contributed by atoms with Gasteiger partial charge in [-0.2, -0.15) is 0 Å². The number of nitrogens with one attached hydrogen (secondary N) is 1. The summed E-state index contributed by atoms with van der Waals surface area (Å²) in [4.78, 5) is 2.29. The molecule has 0 amide bonds. The van der Waals surface area contributed by atoms with Gasteiger partial charge in [-0.15, -0.1) is 0 Å². The predicted octanol–water partition coefficient (Wildman–Crippen LogP) is 3.99. The smallest absolute Gasteiger partial charge is 0.0365 e. The van der Waals surface area contributed by atoms with Gasteiger partial charge in [0.05, 0.1) is 0 Å². The van der Waals surface area contributed by atoms with Crippen molar-refractivity contribution in [1.29, 1.82) is 0 Å². The Hall–Kier alpha value is -1.18. The maximum absolute atomic E-state index is 3.12. The summed E-state index contributed by atoms with van der Waals surface area (Å²) in [6.45, 7) is 7.35. The first kappa shape index (κ1) is 14.8. The minimum absolute atomic E-state index is 1.13. The number of anilines is 2. The third kappa shape index (κ3) is 5.06. The summed E-state index contributed by atoms with van der Waals surface area (Å²) in [7, 11) is 4.08. The van der Waals surface area contributed by atoms with Crippen LogP contribution in [0, 0.1) is 0 Å². The van der Waals surface area contributed by atoms with Gasteiger partial charge in [0.1, 0.15) is 0 Å². The molecule has 0 bridgehead atoms. The molecule has 0 unspecified atom stereocenters. The maximum atomic E-state index is 3.12. The molecule has 0 saturated carbocycles. The lowest BCUT2D eigenvalue weighted by molar-refractivity contribution is 0.767. The Morgan fingerprint density at radius 3 is 2.12 bits per heavy atom. The van der Waals surface area contributed by atoms with Gasteiger partial charge in [-0.25, -0.2) is 0 Å². The Labute approximate surface area is 101 Å². The van der Waals surface area contributed by atoms with Crippen molar-refractivity contribution in [3.63, 3.8) is 0 Å². The minimum Gasteiger partial charge on any atom is -0.388 e. The van der Waals surface area contributed by atoms with E-state index in [1.165, 1.54) is 18.5 Å². The zero-order valence-electron chi connectivity index (χ0n) is 11.4. The van der Waals surface area contributed by atoms with Gasteiger partial charge < -0.3 is 10.2 Å². The molecule has 0 heterocycles. The summed E-state index contributed by atoms with van der Waals surface area (Å²) < 4.78 is 0. The number of hydrogen-bond acceptors (Lipinski definition) is 2. The van der Waals surface area contributed by atoms with E-state index in [0.717, 1.165) is 12.2 Å². The predicted molar refractivity (Wildman–Crippen MR) is 75.5 cm³/mol. The lowest BCUT2D eigenvalue weighted by atomic mass is 10.2. The van der Waals surface area contributed by atoms with Crippen molar-refractivity contribution in [3.8, 4) is 0 Å². The topological polar surface area (TPSA) is 15.3 Å². The van der Waals surface area contributed by atoms with Crippen LogP contribution in [0.1, 0.15) is 33.6 Å². The van der Waals surface area contributed by atoms with E-state index in [1.54, 1.807) is 0 Å². The quantitative estimate of drug-likeness (QED) is 0.810. The molecule has 16 heavy (non-hydrogen) atoms. The maximum Gasteiger partial charge on any atom is 0.0365 e. The van der Waals surface area contributed by atoms with Crippen LogP contribution in [0.3, 0.4) is 0 Å². The van der Waals surface area contributed by atoms with Gasteiger partial charge in [0.2, 0.25) is 0 Å². The van der Waals surface area contributed by atoms with Crippen LogP contribution < -0.4 is 10.2 Å². The summed E-state index contributed by atoms with van der Waals surface area (Å²) in [5, 5.41) is 3.12. The van der Waals surface area contributed by atoms with Crippen molar-refractivity contribution < 1.29 is 0 Å². The van der Waals surface area contributed by atoms with E-state index in [9.17, 15) is 0 Å². The second-order valence-corrected chi connectivity index (χ2v) is 3.57. The zero-order chi connectivity index (χ0) is 12.4. The molecule has 0 radical (unpaired) electrons. The molecule has 1 rings (SSSR count). The van der Waals surface area contributed by atoms with Crippen LogP contribution in [-0.2, 0) is 0 Å². The van der Waals surface area contributed by atoms with Crippen LogP contribution in [0.4, 0.5) is 11.4 Å². The Balaban J connectivity index is 0.00000106. The van der Waals surface area contributed by atoms with Crippen molar-refractivity contribution in [2.75, 3.05) is 30.9 Å². The summed E-state index contributed by atoms with van der Waals surface area (Å²) >= 11 is 0. The molecule has 1 aromatic rings. The Bertz CT molecular complexity index is 254. The Morgan fingerprint density at radius 1 is 1.12 bits per heavy atom. The highest BCUT2D eigenvalue weighted by Gasteiger charge is 1.98. The van der Waals surface area contributed by atoms with E-state index in [2.05, 4.69) is 48.5 Å². The molecule has 0 atom stereocenters. The highest BCUT2D eigenvalue weighted by molar-refractivity contribution is 5.54.